The molecule has 0 saturated heterocycles. The fourth-order valence-electron chi connectivity index (χ4n) is 2.38. The molecule has 0 saturated carbocycles. The van der Waals surface area contributed by atoms with Gasteiger partial charge in [0.15, 0.2) is 0 Å². The summed E-state index contributed by atoms with van der Waals surface area (Å²) < 4.78 is 30.8. The summed E-state index contributed by atoms with van der Waals surface area (Å²) in [7, 11) is -3.39. The minimum Gasteiger partial charge on any atom is -0.492 e. The molecule has 0 unspecified atom stereocenters. The molecule has 2 rings (SSSR count). The number of benzene rings is 1. The third-order valence-electron chi connectivity index (χ3n) is 3.62. The summed E-state index contributed by atoms with van der Waals surface area (Å²) in [6, 6.07) is 8.11. The van der Waals surface area contributed by atoms with Crippen LogP contribution in [0.5, 0.6) is 5.75 Å². The van der Waals surface area contributed by atoms with Gasteiger partial charge < -0.3 is 9.84 Å². The van der Waals surface area contributed by atoms with Crippen molar-refractivity contribution in [2.75, 3.05) is 26.0 Å². The molecule has 0 atom stereocenters. The van der Waals surface area contributed by atoms with Crippen LogP contribution >= 0.6 is 34.5 Å². The maximum Gasteiger partial charge on any atom is 0.345 e. The van der Waals surface area contributed by atoms with Crippen molar-refractivity contribution in [2.45, 2.75) is 12.8 Å². The zero-order valence-corrected chi connectivity index (χ0v) is 17.7. The van der Waals surface area contributed by atoms with Crippen LogP contribution in [0.3, 0.4) is 0 Å². The first-order valence-electron chi connectivity index (χ1n) is 8.01. The van der Waals surface area contributed by atoms with Crippen LogP contribution in [0, 0.1) is 0 Å². The predicted octanol–water partition coefficient (Wildman–Crippen LogP) is 4.03. The molecule has 0 bridgehead atoms. The highest BCUT2D eigenvalue weighted by Crippen LogP contribution is 2.24. The third kappa shape index (κ3) is 7.31. The van der Waals surface area contributed by atoms with Crippen LogP contribution in [0.1, 0.15) is 21.0 Å². The van der Waals surface area contributed by atoms with Gasteiger partial charge in [-0.2, -0.15) is 4.31 Å². The van der Waals surface area contributed by atoms with Crippen molar-refractivity contribution in [3.05, 3.63) is 50.1 Å². The van der Waals surface area contributed by atoms with Crippen LogP contribution in [0.25, 0.3) is 0 Å². The van der Waals surface area contributed by atoms with E-state index in [4.69, 9.17) is 33.0 Å². The molecule has 0 radical (unpaired) electrons. The van der Waals surface area contributed by atoms with Crippen LogP contribution in [0.2, 0.25) is 10.0 Å². The molecule has 148 valence electrons. The number of hydrogen-bond donors (Lipinski definition) is 1. The average molecular weight is 452 g/mol. The highest BCUT2D eigenvalue weighted by Gasteiger charge is 2.17. The monoisotopic (exact) mass is 451 g/mol. The molecule has 0 aliphatic rings. The lowest BCUT2D eigenvalue weighted by Crippen LogP contribution is -2.34. The molecule has 1 aromatic carbocycles. The highest BCUT2D eigenvalue weighted by molar-refractivity contribution is 7.88. The van der Waals surface area contributed by atoms with Crippen LogP contribution in [0.4, 0.5) is 0 Å². The molecule has 0 spiro atoms. The van der Waals surface area contributed by atoms with Crippen molar-refractivity contribution < 1.29 is 23.1 Å². The molecular formula is C17H19Cl2NO5S2. The van der Waals surface area contributed by atoms with Crippen molar-refractivity contribution in [1.29, 1.82) is 0 Å². The van der Waals surface area contributed by atoms with Gasteiger partial charge in [0.05, 0.1) is 6.26 Å². The summed E-state index contributed by atoms with van der Waals surface area (Å²) in [5, 5.41) is 9.81. The van der Waals surface area contributed by atoms with E-state index in [-0.39, 0.29) is 18.0 Å². The van der Waals surface area contributed by atoms with Crippen molar-refractivity contribution in [3.63, 3.8) is 0 Å². The van der Waals surface area contributed by atoms with Crippen molar-refractivity contribution in [3.8, 4) is 5.75 Å². The topological polar surface area (TPSA) is 83.9 Å². The maximum atomic E-state index is 12.0. The molecule has 6 nitrogen and oxygen atoms in total. The van der Waals surface area contributed by atoms with Gasteiger partial charge in [-0.25, -0.2) is 13.2 Å². The molecular weight excluding hydrogens is 433 g/mol. The fourth-order valence-corrected chi connectivity index (χ4v) is 4.64. The number of sulfonamides is 1. The molecule has 0 amide bonds. The Kier molecular flexibility index (Phi) is 7.93. The molecule has 0 aliphatic heterocycles. The van der Waals surface area contributed by atoms with Gasteiger partial charge >= 0.3 is 5.97 Å². The van der Waals surface area contributed by atoms with Crippen molar-refractivity contribution >= 4 is 50.5 Å². The zero-order valence-electron chi connectivity index (χ0n) is 14.5. The van der Waals surface area contributed by atoms with E-state index in [0.29, 0.717) is 35.2 Å². The van der Waals surface area contributed by atoms with Crippen LogP contribution in [0.15, 0.2) is 30.3 Å². The first-order chi connectivity index (χ1) is 12.6. The van der Waals surface area contributed by atoms with Crippen molar-refractivity contribution in [1.82, 2.24) is 4.31 Å². The standard InChI is InChI=1S/C17H19Cl2NO5S2/c1-27(23,24)20(6-2-3-15-4-5-16(26-15)17(21)22)7-8-25-14-10-12(18)9-13(19)11-14/h4-5,9-11H,2-3,6-8H2,1H3,(H,21,22). The second kappa shape index (κ2) is 9.75. The summed E-state index contributed by atoms with van der Waals surface area (Å²) in [5.74, 6) is -0.483. The van der Waals surface area contributed by atoms with Gasteiger partial charge in [-0.15, -0.1) is 11.3 Å². The summed E-state index contributed by atoms with van der Waals surface area (Å²) >= 11 is 13.0. The number of ether oxygens (including phenoxy) is 1. The summed E-state index contributed by atoms with van der Waals surface area (Å²) in [5.41, 5.74) is 0. The Morgan fingerprint density at radius 3 is 2.41 bits per heavy atom. The van der Waals surface area contributed by atoms with E-state index in [2.05, 4.69) is 0 Å². The zero-order chi connectivity index (χ0) is 20.0. The Hall–Kier alpha value is -1.32. The van der Waals surface area contributed by atoms with E-state index in [0.717, 1.165) is 11.1 Å². The largest absolute Gasteiger partial charge is 0.492 e. The van der Waals surface area contributed by atoms with E-state index in [1.165, 1.54) is 15.6 Å². The van der Waals surface area contributed by atoms with Gasteiger partial charge in [0.2, 0.25) is 10.0 Å². The Morgan fingerprint density at radius 2 is 1.85 bits per heavy atom. The number of hydrogen-bond acceptors (Lipinski definition) is 5. The quantitative estimate of drug-likeness (QED) is 0.589. The Balaban J connectivity index is 1.86. The van der Waals surface area contributed by atoms with Crippen LogP contribution < -0.4 is 4.74 Å². The highest BCUT2D eigenvalue weighted by atomic mass is 35.5. The molecule has 2 aromatic rings. The predicted molar refractivity (Wildman–Crippen MR) is 108 cm³/mol. The summed E-state index contributed by atoms with van der Waals surface area (Å²) in [4.78, 5) is 12.1. The molecule has 10 heteroatoms. The van der Waals surface area contributed by atoms with Gasteiger partial charge in [-0.3, -0.25) is 0 Å². The molecule has 0 fully saturated rings. The lowest BCUT2D eigenvalue weighted by atomic mass is 10.2. The van der Waals surface area contributed by atoms with Gasteiger partial charge in [-0.1, -0.05) is 23.2 Å². The number of aromatic carboxylic acids is 1. The van der Waals surface area contributed by atoms with Crippen molar-refractivity contribution in [2.24, 2.45) is 0 Å². The third-order valence-corrected chi connectivity index (χ3v) is 6.49. The lowest BCUT2D eigenvalue weighted by molar-refractivity contribution is 0.0702. The number of halogens is 2. The average Bonchev–Trinajstić information content (AvgIpc) is 3.00. The minimum atomic E-state index is -3.39. The number of nitrogens with zero attached hydrogens (tertiary/aromatic N) is 1. The molecule has 27 heavy (non-hydrogen) atoms. The maximum absolute atomic E-state index is 12.0. The summed E-state index contributed by atoms with van der Waals surface area (Å²) in [6.45, 7) is 0.665. The van der Waals surface area contributed by atoms with Gasteiger partial charge in [-0.05, 0) is 43.2 Å². The van der Waals surface area contributed by atoms with Gasteiger partial charge in [0.25, 0.3) is 0 Å². The molecule has 1 aromatic heterocycles. The normalized spacial score (nSPS) is 11.7. The SMILES string of the molecule is CS(=O)(=O)N(CCCc1ccc(C(=O)O)s1)CCOc1cc(Cl)cc(Cl)c1. The van der Waals surface area contributed by atoms with E-state index < -0.39 is 16.0 Å². The van der Waals surface area contributed by atoms with E-state index in [1.807, 2.05) is 0 Å². The second-order valence-corrected chi connectivity index (χ2v) is 9.81. The number of aryl methyl sites for hydroxylation is 1. The van der Waals surface area contributed by atoms with Crippen LogP contribution in [-0.4, -0.2) is 49.8 Å². The first kappa shape index (κ1) is 22.0. The Morgan fingerprint density at radius 1 is 1.19 bits per heavy atom. The number of carboxylic acids is 1. The number of carbonyl (C=O) groups is 1. The van der Waals surface area contributed by atoms with Gasteiger partial charge in [0, 0.05) is 28.0 Å². The number of rotatable bonds is 10. The fraction of sp³-hybridized carbons (Fsp3) is 0.353. The van der Waals surface area contributed by atoms with E-state index in [1.54, 1.807) is 30.3 Å². The molecule has 0 aliphatic carbocycles. The Bertz CT molecular complexity index is 878. The minimum absolute atomic E-state index is 0.159. The smallest absolute Gasteiger partial charge is 0.345 e. The molecule has 1 N–H and O–H groups in total. The van der Waals surface area contributed by atoms with Crippen LogP contribution in [-0.2, 0) is 16.4 Å². The second-order valence-electron chi connectivity index (χ2n) is 5.79. The van der Waals surface area contributed by atoms with Gasteiger partial charge in [0.1, 0.15) is 17.2 Å². The number of thiophene rings is 1. The Labute approximate surface area is 172 Å². The molecule has 1 heterocycles. The first-order valence-corrected chi connectivity index (χ1v) is 11.4. The van der Waals surface area contributed by atoms with E-state index >= 15 is 0 Å². The number of carboxylic acid groups (broad SMARTS) is 1. The van der Waals surface area contributed by atoms with E-state index in [9.17, 15) is 13.2 Å². The summed E-state index contributed by atoms with van der Waals surface area (Å²) in [6.07, 6.45) is 2.33. The lowest BCUT2D eigenvalue weighted by Gasteiger charge is -2.20.